The third kappa shape index (κ3) is 2.43. The lowest BCUT2D eigenvalue weighted by atomic mass is 10.5. The minimum atomic E-state index is -1.43. The molecule has 72 valence electrons. The van der Waals surface area contributed by atoms with Crippen LogP contribution in [0, 0.1) is 0 Å². The van der Waals surface area contributed by atoms with Gasteiger partial charge >= 0.3 is 17.8 Å². The molecular weight excluding hydrogens is 176 g/mol. The van der Waals surface area contributed by atoms with Gasteiger partial charge in [0.2, 0.25) is 0 Å². The van der Waals surface area contributed by atoms with Crippen molar-refractivity contribution >= 4 is 18.3 Å². The minimum absolute atomic E-state index is 0.0756. The predicted octanol–water partition coefficient (Wildman–Crippen LogP) is -0.602. The first kappa shape index (κ1) is 9.50. The van der Waals surface area contributed by atoms with Crippen molar-refractivity contribution in [2.24, 2.45) is 4.99 Å². The van der Waals surface area contributed by atoms with E-state index in [4.69, 9.17) is 9.47 Å². The molecule has 0 saturated heterocycles. The molecule has 0 radical (unpaired) electrons. The van der Waals surface area contributed by atoms with Crippen molar-refractivity contribution in [1.29, 1.82) is 0 Å². The van der Waals surface area contributed by atoms with Gasteiger partial charge in [-0.15, -0.1) is 0 Å². The van der Waals surface area contributed by atoms with Gasteiger partial charge in [0, 0.05) is 13.8 Å². The van der Waals surface area contributed by atoms with Gasteiger partial charge in [-0.25, -0.2) is 0 Å². The van der Waals surface area contributed by atoms with E-state index in [2.05, 4.69) is 10.3 Å². The molecule has 1 rings (SSSR count). The minimum Gasteiger partial charge on any atom is -0.402 e. The van der Waals surface area contributed by atoms with Crippen LogP contribution in [0.4, 0.5) is 0 Å². The van der Waals surface area contributed by atoms with Crippen LogP contribution in [-0.4, -0.2) is 30.7 Å². The maximum absolute atomic E-state index is 10.7. The summed E-state index contributed by atoms with van der Waals surface area (Å²) in [6.45, 7) is 2.53. The van der Waals surface area contributed by atoms with Crippen LogP contribution in [0.3, 0.4) is 0 Å². The highest BCUT2D eigenvalue weighted by molar-refractivity contribution is 5.70. The van der Waals surface area contributed by atoms with E-state index in [9.17, 15) is 9.59 Å². The summed E-state index contributed by atoms with van der Waals surface area (Å²) >= 11 is 0. The van der Waals surface area contributed by atoms with Gasteiger partial charge in [-0.2, -0.15) is 0 Å². The SMILES string of the molecule is CC(=O)OC1(OC(C)=O)CN=CN1. The van der Waals surface area contributed by atoms with Crippen molar-refractivity contribution in [2.45, 2.75) is 19.8 Å². The molecule has 0 amide bonds. The van der Waals surface area contributed by atoms with Crippen LogP contribution in [-0.2, 0) is 19.1 Å². The first-order chi connectivity index (χ1) is 6.04. The molecule has 1 heterocycles. The Hall–Kier alpha value is -1.59. The van der Waals surface area contributed by atoms with Crippen LogP contribution in [0.5, 0.6) is 0 Å². The Balaban J connectivity index is 2.64. The van der Waals surface area contributed by atoms with Gasteiger partial charge in [0.1, 0.15) is 6.54 Å². The Labute approximate surface area is 74.9 Å². The van der Waals surface area contributed by atoms with Gasteiger partial charge in [0.25, 0.3) is 0 Å². The molecular formula is C7H10N2O4. The quantitative estimate of drug-likeness (QED) is 0.460. The molecule has 1 aliphatic rings. The molecule has 0 aromatic heterocycles. The molecule has 1 N–H and O–H groups in total. The van der Waals surface area contributed by atoms with Gasteiger partial charge in [0.15, 0.2) is 0 Å². The molecule has 0 aromatic rings. The third-order valence-electron chi connectivity index (χ3n) is 1.29. The number of aliphatic imine (C=N–C) groups is 1. The second kappa shape index (κ2) is 3.42. The standard InChI is InChI=1S/C7H10N2O4/c1-5(10)12-7(13-6(2)11)3-8-4-9-7/h4H,3H2,1-2H3,(H,8,9). The van der Waals surface area contributed by atoms with E-state index in [1.54, 1.807) is 0 Å². The lowest BCUT2D eigenvalue weighted by Gasteiger charge is -2.26. The van der Waals surface area contributed by atoms with E-state index < -0.39 is 17.8 Å². The van der Waals surface area contributed by atoms with E-state index in [0.29, 0.717) is 0 Å². The zero-order valence-electron chi connectivity index (χ0n) is 7.36. The Kier molecular flexibility index (Phi) is 2.50. The first-order valence-corrected chi connectivity index (χ1v) is 3.69. The predicted molar refractivity (Wildman–Crippen MR) is 42.8 cm³/mol. The zero-order chi connectivity index (χ0) is 9.90. The summed E-state index contributed by atoms with van der Waals surface area (Å²) in [5, 5.41) is 2.56. The topological polar surface area (TPSA) is 77.0 Å². The zero-order valence-corrected chi connectivity index (χ0v) is 7.36. The molecule has 0 fully saturated rings. The van der Waals surface area contributed by atoms with Crippen molar-refractivity contribution in [3.05, 3.63) is 0 Å². The second-order valence-electron chi connectivity index (χ2n) is 2.55. The highest BCUT2D eigenvalue weighted by Crippen LogP contribution is 2.13. The molecule has 0 unspecified atom stereocenters. The highest BCUT2D eigenvalue weighted by atomic mass is 16.8. The Morgan fingerprint density at radius 3 is 2.23 bits per heavy atom. The maximum Gasteiger partial charge on any atom is 0.361 e. The van der Waals surface area contributed by atoms with Gasteiger partial charge in [-0.05, 0) is 0 Å². The van der Waals surface area contributed by atoms with Gasteiger partial charge < -0.3 is 14.8 Å². The summed E-state index contributed by atoms with van der Waals surface area (Å²) < 4.78 is 9.58. The molecule has 0 spiro atoms. The second-order valence-corrected chi connectivity index (χ2v) is 2.55. The van der Waals surface area contributed by atoms with Crippen LogP contribution in [0.2, 0.25) is 0 Å². The van der Waals surface area contributed by atoms with E-state index in [1.165, 1.54) is 20.2 Å². The molecule has 1 aliphatic heterocycles. The molecule has 0 aliphatic carbocycles. The van der Waals surface area contributed by atoms with Gasteiger partial charge in [-0.3, -0.25) is 14.6 Å². The number of carbonyl (C=O) groups is 2. The van der Waals surface area contributed by atoms with E-state index in [1.807, 2.05) is 0 Å². The average Bonchev–Trinajstić information content (AvgIpc) is 2.33. The largest absolute Gasteiger partial charge is 0.402 e. The van der Waals surface area contributed by atoms with E-state index in [-0.39, 0.29) is 6.54 Å². The molecule has 6 heteroatoms. The summed E-state index contributed by atoms with van der Waals surface area (Å²) in [7, 11) is 0. The number of rotatable bonds is 2. The molecule has 0 saturated carbocycles. The molecule has 13 heavy (non-hydrogen) atoms. The molecule has 0 atom stereocenters. The Morgan fingerprint density at radius 1 is 1.38 bits per heavy atom. The summed E-state index contributed by atoms with van der Waals surface area (Å²) in [6.07, 6.45) is 1.33. The smallest absolute Gasteiger partial charge is 0.361 e. The number of hydrogen-bond donors (Lipinski definition) is 1. The van der Waals surface area contributed by atoms with E-state index >= 15 is 0 Å². The van der Waals surface area contributed by atoms with Crippen molar-refractivity contribution in [1.82, 2.24) is 5.32 Å². The summed E-state index contributed by atoms with van der Waals surface area (Å²) in [4.78, 5) is 25.1. The van der Waals surface area contributed by atoms with Crippen molar-refractivity contribution in [3.8, 4) is 0 Å². The fraction of sp³-hybridized carbons (Fsp3) is 0.571. The van der Waals surface area contributed by atoms with Crippen molar-refractivity contribution < 1.29 is 19.1 Å². The van der Waals surface area contributed by atoms with Crippen LogP contribution in [0.1, 0.15) is 13.8 Å². The monoisotopic (exact) mass is 186 g/mol. The lowest BCUT2D eigenvalue weighted by molar-refractivity contribution is -0.225. The number of ether oxygens (including phenoxy) is 2. The fourth-order valence-electron chi connectivity index (χ4n) is 0.964. The maximum atomic E-state index is 10.7. The fourth-order valence-corrected chi connectivity index (χ4v) is 0.964. The van der Waals surface area contributed by atoms with Crippen molar-refractivity contribution in [2.75, 3.05) is 6.54 Å². The first-order valence-electron chi connectivity index (χ1n) is 3.69. The van der Waals surface area contributed by atoms with Gasteiger partial charge in [-0.1, -0.05) is 0 Å². The molecule has 0 aromatic carbocycles. The number of carbonyl (C=O) groups excluding carboxylic acids is 2. The number of nitrogens with zero attached hydrogens (tertiary/aromatic N) is 1. The van der Waals surface area contributed by atoms with Crippen LogP contribution in [0.15, 0.2) is 4.99 Å². The van der Waals surface area contributed by atoms with Crippen LogP contribution in [0.25, 0.3) is 0 Å². The molecule has 6 nitrogen and oxygen atoms in total. The number of nitrogens with one attached hydrogen (secondary N) is 1. The number of hydrogen-bond acceptors (Lipinski definition) is 6. The highest BCUT2D eigenvalue weighted by Gasteiger charge is 2.39. The number of esters is 2. The van der Waals surface area contributed by atoms with Gasteiger partial charge in [0.05, 0.1) is 6.34 Å². The lowest BCUT2D eigenvalue weighted by Crippen LogP contribution is -2.50. The third-order valence-corrected chi connectivity index (χ3v) is 1.29. The van der Waals surface area contributed by atoms with E-state index in [0.717, 1.165) is 0 Å². The average molecular weight is 186 g/mol. The Morgan fingerprint density at radius 2 is 1.92 bits per heavy atom. The summed E-state index contributed by atoms with van der Waals surface area (Å²) in [5.41, 5.74) is 0. The summed E-state index contributed by atoms with van der Waals surface area (Å²) in [6, 6.07) is 0. The Bertz CT molecular complexity index is 235. The summed E-state index contributed by atoms with van der Waals surface area (Å²) in [5.74, 6) is -2.52. The van der Waals surface area contributed by atoms with Crippen molar-refractivity contribution in [3.63, 3.8) is 0 Å². The molecule has 0 bridgehead atoms. The normalized spacial score (nSPS) is 17.7. The van der Waals surface area contributed by atoms with Crippen LogP contribution < -0.4 is 5.32 Å². The van der Waals surface area contributed by atoms with Crippen LogP contribution >= 0.6 is 0 Å².